The summed E-state index contributed by atoms with van der Waals surface area (Å²) in [7, 11) is 0. The molecule has 0 saturated carbocycles. The molecule has 0 unspecified atom stereocenters. The third-order valence-corrected chi connectivity index (χ3v) is 3.48. The highest BCUT2D eigenvalue weighted by Crippen LogP contribution is 2.24. The first kappa shape index (κ1) is 15.2. The number of nitrogens with zero attached hydrogens (tertiary/aromatic N) is 3. The van der Waals surface area contributed by atoms with Crippen LogP contribution < -0.4 is 5.32 Å². The maximum absolute atomic E-state index is 11.1. The highest BCUT2D eigenvalue weighted by atomic mass is 16.6. The molecule has 2 aromatic rings. The Labute approximate surface area is 124 Å². The van der Waals surface area contributed by atoms with Crippen LogP contribution in [0.25, 0.3) is 0 Å². The van der Waals surface area contributed by atoms with Gasteiger partial charge in [0.1, 0.15) is 0 Å². The summed E-state index contributed by atoms with van der Waals surface area (Å²) in [5.74, 6) is 0. The second-order valence-electron chi connectivity index (χ2n) is 5.09. The van der Waals surface area contributed by atoms with Gasteiger partial charge in [-0.3, -0.25) is 15.1 Å². The largest absolute Gasteiger partial charge is 0.348 e. The van der Waals surface area contributed by atoms with Crippen molar-refractivity contribution in [3.8, 4) is 0 Å². The Hall–Kier alpha value is -2.21. The Bertz CT molecular complexity index is 649. The molecule has 0 radical (unpaired) electrons. The molecular formula is C15H20N4O2. The number of aryl methyl sites for hydroxylation is 1. The van der Waals surface area contributed by atoms with Crippen molar-refractivity contribution in [2.24, 2.45) is 0 Å². The van der Waals surface area contributed by atoms with E-state index in [1.165, 1.54) is 5.56 Å². The van der Waals surface area contributed by atoms with Crippen LogP contribution in [0.2, 0.25) is 0 Å². The number of pyridine rings is 1. The van der Waals surface area contributed by atoms with Crippen molar-refractivity contribution >= 4 is 5.69 Å². The number of rotatable bonds is 6. The zero-order valence-corrected chi connectivity index (χ0v) is 12.6. The number of hydrogen-bond donors (Lipinski definition) is 1. The fourth-order valence-electron chi connectivity index (χ4n) is 2.34. The minimum atomic E-state index is -0.331. The second kappa shape index (κ2) is 6.49. The molecule has 0 fully saturated rings. The normalized spacial score (nSPS) is 10.8. The van der Waals surface area contributed by atoms with Crippen LogP contribution in [0.15, 0.2) is 24.7 Å². The topological polar surface area (TPSA) is 73.0 Å². The summed E-state index contributed by atoms with van der Waals surface area (Å²) in [6, 6.07) is 2.04. The van der Waals surface area contributed by atoms with E-state index < -0.39 is 0 Å². The van der Waals surface area contributed by atoms with Crippen molar-refractivity contribution < 1.29 is 4.92 Å². The molecule has 0 aliphatic rings. The summed E-state index contributed by atoms with van der Waals surface area (Å²) in [6.45, 7) is 7.83. The minimum absolute atomic E-state index is 0.167. The van der Waals surface area contributed by atoms with E-state index in [-0.39, 0.29) is 10.6 Å². The average Bonchev–Trinajstić information content (AvgIpc) is 2.87. The molecule has 0 atom stereocenters. The molecule has 1 N–H and O–H groups in total. The van der Waals surface area contributed by atoms with Crippen LogP contribution in [0.1, 0.15) is 29.3 Å². The lowest BCUT2D eigenvalue weighted by Gasteiger charge is -2.08. The molecule has 0 aromatic carbocycles. The fraction of sp³-hybridized carbons (Fsp3) is 0.400. The molecule has 2 heterocycles. The Balaban J connectivity index is 2.22. The third kappa shape index (κ3) is 3.46. The van der Waals surface area contributed by atoms with Crippen molar-refractivity contribution in [3.05, 3.63) is 57.2 Å². The molecular weight excluding hydrogens is 268 g/mol. The van der Waals surface area contributed by atoms with Gasteiger partial charge in [-0.1, -0.05) is 6.92 Å². The third-order valence-electron chi connectivity index (χ3n) is 3.48. The minimum Gasteiger partial charge on any atom is -0.348 e. The summed E-state index contributed by atoms with van der Waals surface area (Å²) in [5, 5.41) is 14.4. The Kier molecular flexibility index (Phi) is 4.70. The predicted molar refractivity (Wildman–Crippen MR) is 81.3 cm³/mol. The standard InChI is InChI=1S/C15H20N4O2/c1-4-16-8-13-5-6-18(9-13)10-14-12(3)15(19(20)21)11(2)7-17-14/h5-7,9,16H,4,8,10H2,1-3H3. The monoisotopic (exact) mass is 288 g/mol. The Morgan fingerprint density at radius 2 is 2.19 bits per heavy atom. The SMILES string of the molecule is CCNCc1ccn(Cc2ncc(C)c([N+](=O)[O-])c2C)c1. The van der Waals surface area contributed by atoms with Crippen molar-refractivity contribution in [1.82, 2.24) is 14.9 Å². The van der Waals surface area contributed by atoms with E-state index in [1.54, 1.807) is 20.0 Å². The van der Waals surface area contributed by atoms with Crippen LogP contribution in [-0.2, 0) is 13.1 Å². The molecule has 0 amide bonds. The summed E-state index contributed by atoms with van der Waals surface area (Å²) in [6.07, 6.45) is 5.58. The first-order chi connectivity index (χ1) is 10.0. The first-order valence-electron chi connectivity index (χ1n) is 6.97. The van der Waals surface area contributed by atoms with E-state index in [4.69, 9.17) is 0 Å². The summed E-state index contributed by atoms with van der Waals surface area (Å²) < 4.78 is 2.00. The van der Waals surface area contributed by atoms with Crippen LogP contribution in [0.4, 0.5) is 5.69 Å². The number of nitro groups is 1. The van der Waals surface area contributed by atoms with Crippen LogP contribution in [0, 0.1) is 24.0 Å². The highest BCUT2D eigenvalue weighted by Gasteiger charge is 2.18. The van der Waals surface area contributed by atoms with Crippen molar-refractivity contribution in [2.45, 2.75) is 33.9 Å². The maximum Gasteiger partial charge on any atom is 0.278 e. The van der Waals surface area contributed by atoms with Gasteiger partial charge < -0.3 is 9.88 Å². The van der Waals surface area contributed by atoms with Gasteiger partial charge in [0.05, 0.1) is 22.7 Å². The molecule has 0 aliphatic heterocycles. The van der Waals surface area contributed by atoms with Crippen LogP contribution in [-0.4, -0.2) is 21.0 Å². The average molecular weight is 288 g/mol. The lowest BCUT2D eigenvalue weighted by atomic mass is 10.1. The van der Waals surface area contributed by atoms with E-state index in [2.05, 4.69) is 17.2 Å². The fourth-order valence-corrected chi connectivity index (χ4v) is 2.34. The van der Waals surface area contributed by atoms with Crippen molar-refractivity contribution in [2.75, 3.05) is 6.54 Å². The van der Waals surface area contributed by atoms with Gasteiger partial charge in [-0.15, -0.1) is 0 Å². The summed E-state index contributed by atoms with van der Waals surface area (Å²) in [4.78, 5) is 15.1. The van der Waals surface area contributed by atoms with Gasteiger partial charge in [0.2, 0.25) is 0 Å². The van der Waals surface area contributed by atoms with Gasteiger partial charge in [-0.05, 0) is 32.0 Å². The lowest BCUT2D eigenvalue weighted by molar-refractivity contribution is -0.386. The van der Waals surface area contributed by atoms with Crippen molar-refractivity contribution in [3.63, 3.8) is 0 Å². The Morgan fingerprint density at radius 3 is 2.86 bits per heavy atom. The summed E-state index contributed by atoms with van der Waals surface area (Å²) >= 11 is 0. The van der Waals surface area contributed by atoms with Gasteiger partial charge in [0, 0.05) is 30.7 Å². The predicted octanol–water partition coefficient (Wildman–Crippen LogP) is 2.57. The number of nitrogens with one attached hydrogen (secondary N) is 1. The van der Waals surface area contributed by atoms with E-state index in [0.717, 1.165) is 18.8 Å². The van der Waals surface area contributed by atoms with Gasteiger partial charge in [-0.2, -0.15) is 0 Å². The summed E-state index contributed by atoms with van der Waals surface area (Å²) in [5.41, 5.74) is 3.33. The molecule has 21 heavy (non-hydrogen) atoms. The molecule has 2 aromatic heterocycles. The lowest BCUT2D eigenvalue weighted by Crippen LogP contribution is -2.11. The van der Waals surface area contributed by atoms with E-state index >= 15 is 0 Å². The number of hydrogen-bond acceptors (Lipinski definition) is 4. The number of aromatic nitrogens is 2. The van der Waals surface area contributed by atoms with Gasteiger partial charge in [0.15, 0.2) is 0 Å². The van der Waals surface area contributed by atoms with E-state index in [9.17, 15) is 10.1 Å². The quantitative estimate of drug-likeness (QED) is 0.655. The molecule has 0 spiro atoms. The Morgan fingerprint density at radius 1 is 1.43 bits per heavy atom. The zero-order valence-electron chi connectivity index (χ0n) is 12.6. The second-order valence-corrected chi connectivity index (χ2v) is 5.09. The van der Waals surface area contributed by atoms with Gasteiger partial charge in [0.25, 0.3) is 5.69 Å². The highest BCUT2D eigenvalue weighted by molar-refractivity contribution is 5.47. The van der Waals surface area contributed by atoms with Crippen LogP contribution in [0.3, 0.4) is 0 Å². The van der Waals surface area contributed by atoms with Crippen LogP contribution >= 0.6 is 0 Å². The van der Waals surface area contributed by atoms with Gasteiger partial charge in [-0.25, -0.2) is 0 Å². The van der Waals surface area contributed by atoms with E-state index in [1.807, 2.05) is 23.0 Å². The van der Waals surface area contributed by atoms with Crippen molar-refractivity contribution in [1.29, 1.82) is 0 Å². The zero-order chi connectivity index (χ0) is 15.4. The first-order valence-corrected chi connectivity index (χ1v) is 6.97. The molecule has 0 aliphatic carbocycles. The molecule has 6 nitrogen and oxygen atoms in total. The van der Waals surface area contributed by atoms with Gasteiger partial charge >= 0.3 is 0 Å². The molecule has 2 rings (SSSR count). The molecule has 0 saturated heterocycles. The molecule has 6 heteroatoms. The molecule has 112 valence electrons. The van der Waals surface area contributed by atoms with Crippen LogP contribution in [0.5, 0.6) is 0 Å². The van der Waals surface area contributed by atoms with E-state index in [0.29, 0.717) is 17.7 Å². The maximum atomic E-state index is 11.1. The molecule has 0 bridgehead atoms. The smallest absolute Gasteiger partial charge is 0.278 e.